The fourth-order valence-electron chi connectivity index (χ4n) is 17.4. The van der Waals surface area contributed by atoms with Gasteiger partial charge in [0.1, 0.15) is 0 Å². The van der Waals surface area contributed by atoms with E-state index in [0.717, 1.165) is 0 Å². The fraction of sp³-hybridized carbons (Fsp3) is 0. The zero-order valence-corrected chi connectivity index (χ0v) is 50.8. The van der Waals surface area contributed by atoms with Gasteiger partial charge < -0.3 is 14.4 Å². The number of hydrogen-bond acceptors (Lipinski definition) is 3. The molecule has 0 radical (unpaired) electrons. The van der Waals surface area contributed by atoms with Crippen molar-refractivity contribution in [2.24, 2.45) is 0 Å². The summed E-state index contributed by atoms with van der Waals surface area (Å²) in [6, 6.07) is 126. The van der Waals surface area contributed by atoms with E-state index in [2.05, 4.69) is 342 Å². The summed E-state index contributed by atoms with van der Waals surface area (Å²) in [4.78, 5) is 7.87. The largest absolute Gasteiger partial charge is 0.376 e. The molecule has 0 saturated heterocycles. The molecule has 6 aliphatic rings. The first-order valence-electron chi connectivity index (χ1n) is 32.0. The molecule has 14 aromatic carbocycles. The summed E-state index contributed by atoms with van der Waals surface area (Å²) in [6.45, 7) is -0.0298. The van der Waals surface area contributed by atoms with Crippen LogP contribution in [0.2, 0.25) is 0 Å². The Morgan fingerprint density at radius 3 is 0.934 bits per heavy atom. The second kappa shape index (κ2) is 19.4. The molecule has 1 atom stereocenters. The van der Waals surface area contributed by atoms with Crippen molar-refractivity contribution in [2.45, 2.75) is 0 Å². The van der Waals surface area contributed by atoms with Crippen LogP contribution in [0.1, 0.15) is 0 Å². The molecule has 3 nitrogen and oxygen atoms in total. The van der Waals surface area contributed by atoms with Gasteiger partial charge in [0.25, 0.3) is 0 Å². The number of hydrogen-bond donors (Lipinski definition) is 0. The molecule has 0 amide bonds. The zero-order valence-electron chi connectivity index (χ0n) is 49.8. The van der Waals surface area contributed by atoms with E-state index in [4.69, 9.17) is 0 Å². The van der Waals surface area contributed by atoms with E-state index in [-0.39, 0.29) is 20.5 Å². The van der Waals surface area contributed by atoms with Crippen LogP contribution < -0.4 is 68.0 Å². The van der Waals surface area contributed by atoms with Gasteiger partial charge in [-0.2, -0.15) is 0 Å². The highest BCUT2D eigenvalue weighted by molar-refractivity contribution is 7.20. The first kappa shape index (κ1) is 50.8. The summed E-state index contributed by atoms with van der Waals surface area (Å²) in [7, 11) is -3.50. The zero-order chi connectivity index (χ0) is 59.5. The van der Waals surface area contributed by atoms with E-state index in [0.29, 0.717) is 0 Å². The Morgan fingerprint density at radius 1 is 0.187 bits per heavy atom. The number of nitrogens with zero attached hydrogens (tertiary/aromatic N) is 3. The van der Waals surface area contributed by atoms with Crippen LogP contribution in [0.3, 0.4) is 0 Å². The van der Waals surface area contributed by atoms with Gasteiger partial charge in [0.05, 0.1) is 0 Å². The minimum absolute atomic E-state index is 0.00435. The summed E-state index contributed by atoms with van der Waals surface area (Å²) in [5.74, 6) is 0. The lowest BCUT2D eigenvalue weighted by atomic mass is 9.43. The predicted octanol–water partition coefficient (Wildman–Crippen LogP) is 13.4. The topological polar surface area (TPSA) is 9.72 Å². The molecule has 1 unspecified atom stereocenters. The normalized spacial score (nSPS) is 14.1. The molecular formula is C84H54B3N3Si. The smallest absolute Gasteiger partial charge is 0.329 e. The van der Waals surface area contributed by atoms with Crippen molar-refractivity contribution >= 4 is 116 Å². The third kappa shape index (κ3) is 7.01. The Kier molecular flexibility index (Phi) is 10.9. The van der Waals surface area contributed by atoms with Crippen LogP contribution in [0.4, 0.5) is 34.1 Å². The Labute approximate surface area is 532 Å². The second-order valence-corrected chi connectivity index (χ2v) is 29.0. The highest BCUT2D eigenvalue weighted by Gasteiger charge is 2.49. The quantitative estimate of drug-likeness (QED) is 0.126. The predicted molar refractivity (Wildman–Crippen MR) is 389 cm³/mol. The van der Waals surface area contributed by atoms with Gasteiger partial charge in [-0.25, -0.2) is 0 Å². The third-order valence-electron chi connectivity index (χ3n) is 21.0. The summed E-state index contributed by atoms with van der Waals surface area (Å²) in [5, 5.41) is 5.36. The molecule has 418 valence electrons. The molecule has 91 heavy (non-hydrogen) atoms. The van der Waals surface area contributed by atoms with Crippen LogP contribution in [-0.4, -0.2) is 28.6 Å². The maximum atomic E-state index is 2.65. The number of rotatable bonds is 5. The minimum Gasteiger partial charge on any atom is -0.376 e. The Morgan fingerprint density at radius 2 is 0.484 bits per heavy atom. The summed E-state index contributed by atoms with van der Waals surface area (Å²) < 4.78 is 0. The average Bonchev–Trinajstić information content (AvgIpc) is 0.717. The van der Waals surface area contributed by atoms with Crippen molar-refractivity contribution in [3.63, 3.8) is 0 Å². The van der Waals surface area contributed by atoms with E-state index >= 15 is 0 Å². The SMILES string of the molecule is c1ccc([Si](c2ccc3c(c2)-c2ccccc2N2B3c3ccccc3-c3ccccc32)(c2ccc3c(c2)-c2ccccc2B2c4ccccc4-c4ccccc4N23)c2ccccc2-c2ccc3c(c2)-c2ccccc2N2B3c3ccccc3-c3ccccc32)cc1. The van der Waals surface area contributed by atoms with Gasteiger partial charge in [-0.15, -0.1) is 0 Å². The lowest BCUT2D eigenvalue weighted by Crippen LogP contribution is -2.75. The third-order valence-corrected chi connectivity index (χ3v) is 25.8. The summed E-state index contributed by atoms with van der Waals surface area (Å²) in [5.41, 5.74) is 33.1. The van der Waals surface area contributed by atoms with Crippen LogP contribution in [0, 0.1) is 0 Å². The molecule has 6 heterocycles. The highest BCUT2D eigenvalue weighted by Crippen LogP contribution is 2.50. The van der Waals surface area contributed by atoms with Crippen LogP contribution in [0.15, 0.2) is 328 Å². The summed E-state index contributed by atoms with van der Waals surface area (Å²) in [6.07, 6.45) is 0. The molecule has 0 aromatic heterocycles. The van der Waals surface area contributed by atoms with Gasteiger partial charge >= 0.3 is 20.5 Å². The molecule has 20 rings (SSSR count). The van der Waals surface area contributed by atoms with Gasteiger partial charge in [-0.05, 0) is 140 Å². The van der Waals surface area contributed by atoms with Crippen LogP contribution in [-0.2, 0) is 0 Å². The van der Waals surface area contributed by atoms with Crippen molar-refractivity contribution < 1.29 is 0 Å². The lowest BCUT2D eigenvalue weighted by molar-refractivity contribution is 1.35. The molecule has 0 N–H and O–H groups in total. The van der Waals surface area contributed by atoms with Crippen LogP contribution >= 0.6 is 0 Å². The van der Waals surface area contributed by atoms with Gasteiger partial charge in [-0.1, -0.05) is 285 Å². The van der Waals surface area contributed by atoms with E-state index in [1.54, 1.807) is 0 Å². The lowest BCUT2D eigenvalue weighted by Gasteiger charge is -2.45. The van der Waals surface area contributed by atoms with Crippen LogP contribution in [0.25, 0.3) is 77.9 Å². The van der Waals surface area contributed by atoms with E-state index in [1.807, 2.05) is 0 Å². The van der Waals surface area contributed by atoms with Gasteiger partial charge in [0.2, 0.25) is 0 Å². The molecular weight excluding hydrogens is 1110 g/mol. The first-order valence-corrected chi connectivity index (χ1v) is 34.0. The average molecular weight is 1170 g/mol. The Balaban J connectivity index is 0.862. The van der Waals surface area contributed by atoms with Crippen LogP contribution in [0.5, 0.6) is 0 Å². The first-order chi connectivity index (χ1) is 45.2. The van der Waals surface area contributed by atoms with Crippen molar-refractivity contribution in [3.05, 3.63) is 328 Å². The fourth-order valence-corrected chi connectivity index (χ4v) is 22.4. The standard InChI is InChI=1S/C84H54B3N3Si/c1-2-24-56(25-3-1)91(57-47-50-77-70(53-57)68-35-12-22-44-82(68)89-79-41-19-9-32-65(79)62-29-6-16-38-74(62)87(77)89,58-48-51-83-71(54-58)63-30-7-17-39-75(63)85-72-36-14-4-27-60(72)66-33-10-20-42-80(66)90(83)85)84-45-23-13-26-59(84)55-46-49-76-69(52-55)67-34-11-21-43-81(67)88-78-40-18-8-31-64(78)61-28-5-15-37-73(61)86(76)88/h1-54H. The molecule has 0 fully saturated rings. The molecule has 0 spiro atoms. The molecule has 7 heteroatoms. The van der Waals surface area contributed by atoms with E-state index < -0.39 is 8.07 Å². The van der Waals surface area contributed by atoms with Gasteiger partial charge in [0, 0.05) is 67.5 Å². The number of anilines is 6. The van der Waals surface area contributed by atoms with Gasteiger partial charge in [0.15, 0.2) is 8.07 Å². The molecule has 6 aliphatic heterocycles. The van der Waals surface area contributed by atoms with E-state index in [9.17, 15) is 0 Å². The minimum atomic E-state index is -3.50. The highest BCUT2D eigenvalue weighted by atomic mass is 28.3. The number of fused-ring (bicyclic) bond motifs is 33. The monoisotopic (exact) mass is 1170 g/mol. The van der Waals surface area contributed by atoms with Crippen molar-refractivity contribution in [2.75, 3.05) is 14.4 Å². The van der Waals surface area contributed by atoms with Crippen molar-refractivity contribution in [3.8, 4) is 77.9 Å². The molecule has 14 aromatic rings. The number of para-hydroxylation sites is 5. The Hall–Kier alpha value is -11.1. The van der Waals surface area contributed by atoms with Crippen molar-refractivity contribution in [1.82, 2.24) is 0 Å². The number of benzene rings is 14. The van der Waals surface area contributed by atoms with Gasteiger partial charge in [-0.3, -0.25) is 0 Å². The summed E-state index contributed by atoms with van der Waals surface area (Å²) >= 11 is 0. The maximum Gasteiger partial charge on any atom is 0.329 e. The Bertz CT molecular complexity index is 5220. The van der Waals surface area contributed by atoms with Crippen molar-refractivity contribution in [1.29, 1.82) is 0 Å². The molecule has 0 saturated carbocycles. The second-order valence-electron chi connectivity index (χ2n) is 25.2. The molecule has 0 aliphatic carbocycles. The van der Waals surface area contributed by atoms with E-state index in [1.165, 1.54) is 166 Å². The maximum absolute atomic E-state index is 3.50. The molecule has 0 bridgehead atoms.